The largest absolute Gasteiger partial charge is 0.416 e. The van der Waals surface area contributed by atoms with Gasteiger partial charge in [-0.15, -0.1) is 0 Å². The monoisotopic (exact) mass is 383 g/mol. The predicted octanol–water partition coefficient (Wildman–Crippen LogP) is 3.37. The first kappa shape index (κ1) is 17.6. The number of alkyl halides is 3. The summed E-state index contributed by atoms with van der Waals surface area (Å²) in [5, 5.41) is 4.17. The fraction of sp³-hybridized carbons (Fsp3) is 0.0556. The average Bonchev–Trinajstić information content (AvgIpc) is 3.10. The zero-order chi connectivity index (χ0) is 19.7. The quantitative estimate of drug-likeness (QED) is 0.548. The fourth-order valence-electron chi connectivity index (χ4n) is 2.55. The third-order valence-corrected chi connectivity index (χ3v) is 3.89. The highest BCUT2D eigenvalue weighted by Gasteiger charge is 2.30. The SMILES string of the molecule is Nc1nc(-c2ccncc2)nc2c1ncn2N=Cc1cccc(C(F)(F)F)c1. The third kappa shape index (κ3) is 3.39. The minimum absolute atomic E-state index is 0.171. The van der Waals surface area contributed by atoms with E-state index >= 15 is 0 Å². The minimum Gasteiger partial charge on any atom is -0.382 e. The zero-order valence-electron chi connectivity index (χ0n) is 14.2. The number of nitrogens with two attached hydrogens (primary N) is 1. The van der Waals surface area contributed by atoms with Gasteiger partial charge in [-0.25, -0.2) is 19.6 Å². The number of rotatable bonds is 3. The molecule has 0 saturated carbocycles. The van der Waals surface area contributed by atoms with Crippen LogP contribution in [0, 0.1) is 0 Å². The molecule has 140 valence electrons. The molecule has 0 amide bonds. The molecule has 0 fully saturated rings. The normalized spacial score (nSPS) is 12.1. The standard InChI is InChI=1S/C18H12F3N7/c19-18(20,21)13-3-1-2-11(8-13)9-25-28-10-24-14-15(22)26-16(27-17(14)28)12-4-6-23-7-5-12/h1-10H,(H2,22,26,27). The minimum atomic E-state index is -4.42. The highest BCUT2D eigenvalue weighted by atomic mass is 19.4. The van der Waals surface area contributed by atoms with Crippen LogP contribution in [0.1, 0.15) is 11.1 Å². The molecule has 4 rings (SSSR count). The Hall–Kier alpha value is -3.82. The van der Waals surface area contributed by atoms with Gasteiger partial charge in [0.25, 0.3) is 0 Å². The van der Waals surface area contributed by atoms with Crippen molar-refractivity contribution in [1.82, 2.24) is 24.6 Å². The predicted molar refractivity (Wildman–Crippen MR) is 97.4 cm³/mol. The maximum absolute atomic E-state index is 12.8. The second-order valence-electron chi connectivity index (χ2n) is 5.80. The van der Waals surface area contributed by atoms with Crippen LogP contribution in [-0.2, 0) is 6.18 Å². The first-order valence-electron chi connectivity index (χ1n) is 8.04. The molecule has 0 spiro atoms. The molecule has 3 aromatic heterocycles. The lowest BCUT2D eigenvalue weighted by atomic mass is 10.1. The number of fused-ring (bicyclic) bond motifs is 1. The van der Waals surface area contributed by atoms with E-state index in [1.54, 1.807) is 24.5 Å². The molecule has 0 saturated heterocycles. The number of halogens is 3. The molecule has 28 heavy (non-hydrogen) atoms. The third-order valence-electron chi connectivity index (χ3n) is 3.89. The van der Waals surface area contributed by atoms with Crippen molar-refractivity contribution in [2.24, 2.45) is 5.10 Å². The smallest absolute Gasteiger partial charge is 0.382 e. The number of benzene rings is 1. The molecule has 0 aliphatic rings. The molecule has 0 radical (unpaired) electrons. The summed E-state index contributed by atoms with van der Waals surface area (Å²) in [4.78, 5) is 16.7. The van der Waals surface area contributed by atoms with Crippen LogP contribution in [0.2, 0.25) is 0 Å². The van der Waals surface area contributed by atoms with E-state index < -0.39 is 11.7 Å². The number of hydrogen-bond donors (Lipinski definition) is 1. The van der Waals surface area contributed by atoms with Crippen LogP contribution >= 0.6 is 0 Å². The lowest BCUT2D eigenvalue weighted by molar-refractivity contribution is -0.137. The van der Waals surface area contributed by atoms with Crippen molar-refractivity contribution in [3.63, 3.8) is 0 Å². The van der Waals surface area contributed by atoms with Gasteiger partial charge in [-0.05, 0) is 29.8 Å². The number of nitrogens with zero attached hydrogens (tertiary/aromatic N) is 6. The molecule has 4 aromatic rings. The summed E-state index contributed by atoms with van der Waals surface area (Å²) in [6, 6.07) is 8.30. The molecule has 2 N–H and O–H groups in total. The molecule has 3 heterocycles. The zero-order valence-corrected chi connectivity index (χ0v) is 14.2. The van der Waals surface area contributed by atoms with Crippen molar-refractivity contribution in [1.29, 1.82) is 0 Å². The molecule has 0 aliphatic heterocycles. The molecule has 7 nitrogen and oxygen atoms in total. The summed E-state index contributed by atoms with van der Waals surface area (Å²) in [6.45, 7) is 0. The molecule has 10 heteroatoms. The summed E-state index contributed by atoms with van der Waals surface area (Å²) in [6.07, 6.45) is 1.44. The molecule has 0 bridgehead atoms. The summed E-state index contributed by atoms with van der Waals surface area (Å²) >= 11 is 0. The van der Waals surface area contributed by atoms with E-state index in [9.17, 15) is 13.2 Å². The highest BCUT2D eigenvalue weighted by Crippen LogP contribution is 2.29. The van der Waals surface area contributed by atoms with Crippen molar-refractivity contribution in [3.05, 3.63) is 66.2 Å². The number of anilines is 1. The van der Waals surface area contributed by atoms with Gasteiger partial charge in [-0.3, -0.25) is 4.98 Å². The number of hydrogen-bond acceptors (Lipinski definition) is 6. The van der Waals surface area contributed by atoms with Gasteiger partial charge in [0.05, 0.1) is 11.8 Å². The van der Waals surface area contributed by atoms with Crippen molar-refractivity contribution in [2.45, 2.75) is 6.18 Å². The van der Waals surface area contributed by atoms with Gasteiger partial charge in [-0.1, -0.05) is 12.1 Å². The Morgan fingerprint density at radius 1 is 1.07 bits per heavy atom. The van der Waals surface area contributed by atoms with Crippen LogP contribution in [-0.4, -0.2) is 30.8 Å². The number of aromatic nitrogens is 5. The summed E-state index contributed by atoms with van der Waals surface area (Å²) in [5.41, 5.74) is 6.89. The average molecular weight is 383 g/mol. The Morgan fingerprint density at radius 3 is 2.61 bits per heavy atom. The van der Waals surface area contributed by atoms with E-state index in [0.29, 0.717) is 22.6 Å². The van der Waals surface area contributed by atoms with E-state index in [4.69, 9.17) is 5.73 Å². The second-order valence-corrected chi connectivity index (χ2v) is 5.80. The highest BCUT2D eigenvalue weighted by molar-refractivity contribution is 5.85. The fourth-order valence-corrected chi connectivity index (χ4v) is 2.55. The maximum Gasteiger partial charge on any atom is 0.416 e. The van der Waals surface area contributed by atoms with Crippen LogP contribution in [0.25, 0.3) is 22.6 Å². The Morgan fingerprint density at radius 2 is 1.86 bits per heavy atom. The van der Waals surface area contributed by atoms with Crippen molar-refractivity contribution < 1.29 is 13.2 Å². The van der Waals surface area contributed by atoms with Crippen LogP contribution in [0.15, 0.2) is 60.2 Å². The maximum atomic E-state index is 12.8. The van der Waals surface area contributed by atoms with Gasteiger partial charge < -0.3 is 5.73 Å². The number of pyridine rings is 1. The Balaban J connectivity index is 1.74. The molecule has 0 aliphatic carbocycles. The number of imidazole rings is 1. The first-order valence-corrected chi connectivity index (χ1v) is 8.04. The van der Waals surface area contributed by atoms with Crippen molar-refractivity contribution >= 4 is 23.2 Å². The van der Waals surface area contributed by atoms with E-state index in [-0.39, 0.29) is 11.4 Å². The van der Waals surface area contributed by atoms with E-state index in [1.807, 2.05) is 0 Å². The van der Waals surface area contributed by atoms with E-state index in [1.165, 1.54) is 29.4 Å². The van der Waals surface area contributed by atoms with Crippen LogP contribution in [0.3, 0.4) is 0 Å². The lowest BCUT2D eigenvalue weighted by Crippen LogP contribution is -2.05. The van der Waals surface area contributed by atoms with Gasteiger partial charge >= 0.3 is 6.18 Å². The summed E-state index contributed by atoms with van der Waals surface area (Å²) < 4.78 is 39.9. The van der Waals surface area contributed by atoms with Crippen LogP contribution < -0.4 is 5.73 Å². The molecular formula is C18H12F3N7. The summed E-state index contributed by atoms with van der Waals surface area (Å²) in [7, 11) is 0. The van der Waals surface area contributed by atoms with Gasteiger partial charge in [-0.2, -0.15) is 18.3 Å². The van der Waals surface area contributed by atoms with Crippen LogP contribution in [0.4, 0.5) is 19.0 Å². The molecular weight excluding hydrogens is 371 g/mol. The Kier molecular flexibility index (Phi) is 4.22. The molecule has 0 atom stereocenters. The van der Waals surface area contributed by atoms with E-state index in [0.717, 1.165) is 12.1 Å². The van der Waals surface area contributed by atoms with Crippen molar-refractivity contribution in [2.75, 3.05) is 5.73 Å². The van der Waals surface area contributed by atoms with Gasteiger partial charge in [0.2, 0.25) is 0 Å². The molecule has 1 aromatic carbocycles. The molecule has 0 unspecified atom stereocenters. The van der Waals surface area contributed by atoms with Crippen LogP contribution in [0.5, 0.6) is 0 Å². The van der Waals surface area contributed by atoms with Gasteiger partial charge in [0.15, 0.2) is 22.8 Å². The summed E-state index contributed by atoms with van der Waals surface area (Å²) in [5.74, 6) is 0.535. The second kappa shape index (κ2) is 6.72. The topological polar surface area (TPSA) is 94.9 Å². The number of nitrogen functional groups attached to an aromatic ring is 1. The Bertz CT molecular complexity index is 1170. The first-order chi connectivity index (χ1) is 13.4. The lowest BCUT2D eigenvalue weighted by Gasteiger charge is -2.06. The van der Waals surface area contributed by atoms with Crippen molar-refractivity contribution in [3.8, 4) is 11.4 Å². The van der Waals surface area contributed by atoms with E-state index in [2.05, 4.69) is 25.0 Å². The van der Waals surface area contributed by atoms with Gasteiger partial charge in [0.1, 0.15) is 6.33 Å². The Labute approximate surface area is 156 Å². The van der Waals surface area contributed by atoms with Gasteiger partial charge in [0, 0.05) is 18.0 Å².